The van der Waals surface area contributed by atoms with E-state index in [9.17, 15) is 0 Å². The van der Waals surface area contributed by atoms with Gasteiger partial charge in [-0.25, -0.2) is 0 Å². The summed E-state index contributed by atoms with van der Waals surface area (Å²) in [7, 11) is 3.63. The number of aromatic nitrogens is 3. The van der Waals surface area contributed by atoms with Gasteiger partial charge in [0.2, 0.25) is 11.9 Å². The van der Waals surface area contributed by atoms with Crippen molar-refractivity contribution < 1.29 is 4.74 Å². The van der Waals surface area contributed by atoms with Crippen LogP contribution in [0.5, 0.6) is 5.75 Å². The zero-order chi connectivity index (χ0) is 14.7. The van der Waals surface area contributed by atoms with E-state index in [-0.39, 0.29) is 12.6 Å². The molecular formula is C12H13Cl2N5O. The molecule has 0 aliphatic heterocycles. The lowest BCUT2D eigenvalue weighted by Crippen LogP contribution is -2.16. The van der Waals surface area contributed by atoms with E-state index in [0.29, 0.717) is 27.6 Å². The summed E-state index contributed by atoms with van der Waals surface area (Å²) in [5.74, 6) is 1.48. The molecule has 2 N–H and O–H groups in total. The lowest BCUT2D eigenvalue weighted by Gasteiger charge is -2.12. The van der Waals surface area contributed by atoms with Crippen LogP contribution in [-0.4, -0.2) is 29.0 Å². The highest BCUT2D eigenvalue weighted by Gasteiger charge is 2.09. The Balaban J connectivity index is 2.16. The number of hydrogen-bond donors (Lipinski definition) is 1. The molecule has 0 aliphatic carbocycles. The van der Waals surface area contributed by atoms with E-state index in [1.165, 1.54) is 0 Å². The van der Waals surface area contributed by atoms with Crippen molar-refractivity contribution in [3.8, 4) is 5.75 Å². The average Bonchev–Trinajstić information content (AvgIpc) is 2.40. The second-order valence-corrected chi connectivity index (χ2v) is 4.93. The van der Waals surface area contributed by atoms with Gasteiger partial charge in [0.25, 0.3) is 0 Å². The summed E-state index contributed by atoms with van der Waals surface area (Å²) < 4.78 is 5.55. The van der Waals surface area contributed by atoms with Crippen molar-refractivity contribution in [1.82, 2.24) is 15.0 Å². The van der Waals surface area contributed by atoms with Crippen LogP contribution < -0.4 is 15.4 Å². The molecule has 2 aromatic rings. The average molecular weight is 314 g/mol. The van der Waals surface area contributed by atoms with E-state index in [4.69, 9.17) is 33.7 Å². The van der Waals surface area contributed by atoms with Gasteiger partial charge in [-0.05, 0) is 12.1 Å². The lowest BCUT2D eigenvalue weighted by atomic mass is 10.3. The topological polar surface area (TPSA) is 77.2 Å². The monoisotopic (exact) mass is 313 g/mol. The molecule has 0 bridgehead atoms. The van der Waals surface area contributed by atoms with Crippen LogP contribution in [0.25, 0.3) is 0 Å². The fourth-order valence-electron chi connectivity index (χ4n) is 1.43. The standard InChI is InChI=1S/C12H13Cl2N5O/c1-19(2)12-17-9(16-11(15)18-12)6-20-8-5-3-4-7(13)10(8)14/h3-5H,6H2,1-2H3,(H2,15,16,17,18). The number of benzene rings is 1. The molecule has 20 heavy (non-hydrogen) atoms. The minimum absolute atomic E-state index is 0.119. The van der Waals surface area contributed by atoms with Crippen molar-refractivity contribution in [1.29, 1.82) is 0 Å². The van der Waals surface area contributed by atoms with E-state index < -0.39 is 0 Å². The lowest BCUT2D eigenvalue weighted by molar-refractivity contribution is 0.296. The molecule has 0 amide bonds. The van der Waals surface area contributed by atoms with Gasteiger partial charge < -0.3 is 15.4 Å². The Morgan fingerprint density at radius 1 is 1.20 bits per heavy atom. The highest BCUT2D eigenvalue weighted by Crippen LogP contribution is 2.31. The number of nitrogens with two attached hydrogens (primary N) is 1. The Labute approximate surface area is 126 Å². The molecule has 2 rings (SSSR count). The van der Waals surface area contributed by atoms with Crippen molar-refractivity contribution >= 4 is 35.1 Å². The normalized spacial score (nSPS) is 10.4. The van der Waals surface area contributed by atoms with Gasteiger partial charge in [-0.15, -0.1) is 0 Å². The summed E-state index contributed by atoms with van der Waals surface area (Å²) in [5, 5.41) is 0.775. The largest absolute Gasteiger partial charge is 0.484 e. The van der Waals surface area contributed by atoms with Crippen molar-refractivity contribution in [3.63, 3.8) is 0 Å². The van der Waals surface area contributed by atoms with E-state index >= 15 is 0 Å². The van der Waals surface area contributed by atoms with Crippen LogP contribution in [0, 0.1) is 0 Å². The van der Waals surface area contributed by atoms with Gasteiger partial charge >= 0.3 is 0 Å². The van der Waals surface area contributed by atoms with Crippen molar-refractivity contribution in [3.05, 3.63) is 34.1 Å². The maximum absolute atomic E-state index is 6.03. The zero-order valence-electron chi connectivity index (χ0n) is 11.0. The fourth-order valence-corrected chi connectivity index (χ4v) is 1.77. The minimum atomic E-state index is 0.119. The van der Waals surface area contributed by atoms with Crippen LogP contribution in [0.4, 0.5) is 11.9 Å². The summed E-state index contributed by atoms with van der Waals surface area (Å²) in [6.45, 7) is 0.119. The Bertz CT molecular complexity index is 621. The van der Waals surface area contributed by atoms with Crippen molar-refractivity contribution in [2.45, 2.75) is 6.61 Å². The molecule has 6 nitrogen and oxygen atoms in total. The van der Waals surface area contributed by atoms with E-state index in [1.807, 2.05) is 14.1 Å². The molecule has 0 spiro atoms. The van der Waals surface area contributed by atoms with E-state index in [1.54, 1.807) is 23.1 Å². The second-order valence-electron chi connectivity index (χ2n) is 4.14. The highest BCUT2D eigenvalue weighted by atomic mass is 35.5. The van der Waals surface area contributed by atoms with Crippen molar-refractivity contribution in [2.24, 2.45) is 0 Å². The molecule has 1 aromatic heterocycles. The maximum Gasteiger partial charge on any atom is 0.230 e. The van der Waals surface area contributed by atoms with Gasteiger partial charge in [0, 0.05) is 14.1 Å². The summed E-state index contributed by atoms with van der Waals surface area (Å²) in [4.78, 5) is 14.0. The zero-order valence-corrected chi connectivity index (χ0v) is 12.5. The Morgan fingerprint density at radius 3 is 2.65 bits per heavy atom. The quantitative estimate of drug-likeness (QED) is 0.934. The first-order chi connectivity index (χ1) is 9.47. The SMILES string of the molecule is CN(C)c1nc(N)nc(COc2cccc(Cl)c2Cl)n1. The Morgan fingerprint density at radius 2 is 1.95 bits per heavy atom. The van der Waals surface area contributed by atoms with Crippen LogP contribution in [0.1, 0.15) is 5.82 Å². The first-order valence-corrected chi connectivity index (χ1v) is 6.47. The van der Waals surface area contributed by atoms with Crippen LogP contribution in [0.15, 0.2) is 18.2 Å². The van der Waals surface area contributed by atoms with Crippen LogP contribution >= 0.6 is 23.2 Å². The van der Waals surface area contributed by atoms with Gasteiger partial charge in [0.15, 0.2) is 5.82 Å². The molecule has 0 radical (unpaired) electrons. The molecule has 0 aliphatic rings. The molecule has 0 saturated heterocycles. The number of hydrogen-bond acceptors (Lipinski definition) is 6. The Hall–Kier alpha value is -1.79. The number of nitrogens with zero attached hydrogens (tertiary/aromatic N) is 4. The second kappa shape index (κ2) is 6.11. The summed E-state index contributed by atoms with van der Waals surface area (Å²) in [5.41, 5.74) is 5.63. The number of halogens is 2. The highest BCUT2D eigenvalue weighted by molar-refractivity contribution is 6.42. The third kappa shape index (κ3) is 3.40. The molecule has 8 heteroatoms. The predicted octanol–water partition coefficient (Wildman–Crippen LogP) is 2.41. The van der Waals surface area contributed by atoms with Crippen LogP contribution in [-0.2, 0) is 6.61 Å². The molecule has 106 valence electrons. The van der Waals surface area contributed by atoms with E-state index in [2.05, 4.69) is 15.0 Å². The maximum atomic E-state index is 6.03. The van der Waals surface area contributed by atoms with Gasteiger partial charge in [-0.1, -0.05) is 29.3 Å². The summed E-state index contributed by atoms with van der Waals surface area (Å²) in [6, 6.07) is 5.14. The molecule has 1 heterocycles. The van der Waals surface area contributed by atoms with Crippen LogP contribution in [0.3, 0.4) is 0 Å². The number of nitrogen functional groups attached to an aromatic ring is 1. The van der Waals surface area contributed by atoms with Crippen LogP contribution in [0.2, 0.25) is 10.0 Å². The van der Waals surface area contributed by atoms with Gasteiger partial charge in [0.05, 0.1) is 5.02 Å². The molecule has 1 aromatic carbocycles. The summed E-state index contributed by atoms with van der Waals surface area (Å²) >= 11 is 11.9. The first kappa shape index (κ1) is 14.6. The third-order valence-electron chi connectivity index (χ3n) is 2.36. The van der Waals surface area contributed by atoms with Gasteiger partial charge in [-0.3, -0.25) is 0 Å². The first-order valence-electron chi connectivity index (χ1n) is 5.72. The summed E-state index contributed by atoms with van der Waals surface area (Å²) in [6.07, 6.45) is 0. The van der Waals surface area contributed by atoms with E-state index in [0.717, 1.165) is 0 Å². The van der Waals surface area contributed by atoms with Gasteiger partial charge in [-0.2, -0.15) is 15.0 Å². The number of ether oxygens (including phenoxy) is 1. The molecule has 0 fully saturated rings. The van der Waals surface area contributed by atoms with Gasteiger partial charge in [0.1, 0.15) is 17.4 Å². The Kier molecular flexibility index (Phi) is 4.46. The molecular weight excluding hydrogens is 301 g/mol. The van der Waals surface area contributed by atoms with Crippen molar-refractivity contribution in [2.75, 3.05) is 24.7 Å². The third-order valence-corrected chi connectivity index (χ3v) is 3.16. The minimum Gasteiger partial charge on any atom is -0.484 e. The molecule has 0 atom stereocenters. The molecule has 0 saturated carbocycles. The fraction of sp³-hybridized carbons (Fsp3) is 0.250. The number of anilines is 2. The smallest absolute Gasteiger partial charge is 0.230 e. The molecule has 0 unspecified atom stereocenters. The predicted molar refractivity (Wildman–Crippen MR) is 79.4 cm³/mol. The number of rotatable bonds is 4.